The zero-order chi connectivity index (χ0) is 20.1. The molecular weight excluding hydrogens is 452 g/mol. The summed E-state index contributed by atoms with van der Waals surface area (Å²) in [7, 11) is 3.24. The van der Waals surface area contributed by atoms with Crippen LogP contribution < -0.4 is 41.8 Å². The Morgan fingerprint density at radius 2 is 1.62 bits per heavy atom. The molecule has 0 saturated heterocycles. The number of hydrogen-bond acceptors (Lipinski definition) is 5. The lowest BCUT2D eigenvalue weighted by Crippen LogP contribution is -3.00. The van der Waals surface area contributed by atoms with E-state index in [9.17, 15) is 4.79 Å². The molecule has 1 aliphatic carbocycles. The minimum atomic E-state index is -0.0970. The second-order valence-corrected chi connectivity index (χ2v) is 8.02. The van der Waals surface area contributed by atoms with Crippen LogP contribution in [0.2, 0.25) is 0 Å². The Kier molecular flexibility index (Phi) is 8.71. The van der Waals surface area contributed by atoms with Crippen LogP contribution in [0.5, 0.6) is 11.5 Å². The van der Waals surface area contributed by atoms with Gasteiger partial charge in [0.2, 0.25) is 16.6 Å². The number of nitrogens with zero attached hydrogens (tertiary/aromatic N) is 1. The minimum Gasteiger partial charge on any atom is -1.00 e. The predicted molar refractivity (Wildman–Crippen MR) is 116 cm³/mol. The van der Waals surface area contributed by atoms with Gasteiger partial charge in [0.15, 0.2) is 5.75 Å². The molecule has 0 amide bonds. The average molecular weight is 481 g/mol. The lowest BCUT2D eigenvalue weighted by molar-refractivity contribution is -0.330. The van der Waals surface area contributed by atoms with E-state index in [2.05, 4.69) is 35.9 Å². The SMILES string of the molecule is CCCCN(CCCC)c1cc2sc3cc(=O)c(OC)cc-3[nH+]c2cc1OC.[Br-]. The number of aromatic amines is 1. The van der Waals surface area contributed by atoms with Gasteiger partial charge in [0, 0.05) is 19.2 Å². The van der Waals surface area contributed by atoms with Crippen LogP contribution in [-0.4, -0.2) is 27.3 Å². The van der Waals surface area contributed by atoms with Crippen molar-refractivity contribution < 1.29 is 31.4 Å². The molecule has 1 N–H and O–H groups in total. The largest absolute Gasteiger partial charge is 1.00 e. The number of halogens is 1. The van der Waals surface area contributed by atoms with Gasteiger partial charge in [-0.25, -0.2) is 4.98 Å². The summed E-state index contributed by atoms with van der Waals surface area (Å²) in [6.07, 6.45) is 4.62. The van der Waals surface area contributed by atoms with Gasteiger partial charge < -0.3 is 31.4 Å². The molecule has 0 radical (unpaired) electrons. The van der Waals surface area contributed by atoms with Gasteiger partial charge in [-0.05, 0) is 18.9 Å². The Bertz CT molecular complexity index is 968. The summed E-state index contributed by atoms with van der Waals surface area (Å²) >= 11 is 1.61. The van der Waals surface area contributed by atoms with Gasteiger partial charge in [-0.3, -0.25) is 4.79 Å². The van der Waals surface area contributed by atoms with Gasteiger partial charge in [0.25, 0.3) is 0 Å². The van der Waals surface area contributed by atoms with Gasteiger partial charge >= 0.3 is 0 Å². The van der Waals surface area contributed by atoms with Crippen molar-refractivity contribution in [3.8, 4) is 22.1 Å². The van der Waals surface area contributed by atoms with Crippen LogP contribution in [-0.2, 0) is 0 Å². The molecule has 1 aliphatic heterocycles. The molecule has 3 rings (SSSR count). The Hall–Kier alpha value is -1.86. The number of fused-ring (bicyclic) bond motifs is 2. The zero-order valence-electron chi connectivity index (χ0n) is 17.5. The number of aromatic nitrogens is 1. The average Bonchev–Trinajstić information content (AvgIpc) is 2.71. The van der Waals surface area contributed by atoms with Crippen molar-refractivity contribution in [3.05, 3.63) is 34.5 Å². The molecule has 0 fully saturated rings. The third kappa shape index (κ3) is 5.20. The first-order valence-electron chi connectivity index (χ1n) is 9.92. The lowest BCUT2D eigenvalue weighted by atomic mass is 10.2. The Morgan fingerprint density at radius 1 is 0.966 bits per heavy atom. The number of ether oxygens (including phenoxy) is 2. The maximum Gasteiger partial charge on any atom is 0.225 e. The fourth-order valence-corrected chi connectivity index (χ4v) is 4.35. The van der Waals surface area contributed by atoms with Crippen LogP contribution in [0.4, 0.5) is 5.69 Å². The van der Waals surface area contributed by atoms with E-state index < -0.39 is 0 Å². The molecular formula is C22H29BrN2O3S. The van der Waals surface area contributed by atoms with Gasteiger partial charge in [-0.2, -0.15) is 0 Å². The molecule has 5 nitrogen and oxygen atoms in total. The molecule has 29 heavy (non-hydrogen) atoms. The fourth-order valence-electron chi connectivity index (χ4n) is 3.34. The van der Waals surface area contributed by atoms with Crippen molar-refractivity contribution in [3.63, 3.8) is 0 Å². The number of H-pyrrole nitrogens is 1. The van der Waals surface area contributed by atoms with Gasteiger partial charge in [-0.1, -0.05) is 26.7 Å². The zero-order valence-corrected chi connectivity index (χ0v) is 19.9. The van der Waals surface area contributed by atoms with Crippen LogP contribution in [0.1, 0.15) is 39.5 Å². The maximum atomic E-state index is 12.2. The van der Waals surface area contributed by atoms with Crippen molar-refractivity contribution in [1.29, 1.82) is 0 Å². The first-order valence-corrected chi connectivity index (χ1v) is 10.7. The first-order chi connectivity index (χ1) is 13.6. The van der Waals surface area contributed by atoms with Crippen LogP contribution in [0, 0.1) is 0 Å². The monoisotopic (exact) mass is 480 g/mol. The Balaban J connectivity index is 0.00000300. The van der Waals surface area contributed by atoms with E-state index in [0.29, 0.717) is 5.75 Å². The highest BCUT2D eigenvalue weighted by atomic mass is 79.9. The van der Waals surface area contributed by atoms with E-state index in [4.69, 9.17) is 9.47 Å². The second kappa shape index (κ2) is 10.8. The van der Waals surface area contributed by atoms with Gasteiger partial charge in [0.1, 0.15) is 15.3 Å². The first kappa shape index (κ1) is 23.4. The number of hydrogen-bond donors (Lipinski definition) is 0. The number of methoxy groups -OCH3 is 2. The topological polar surface area (TPSA) is 52.9 Å². The molecule has 7 heteroatoms. The van der Waals surface area contributed by atoms with Crippen LogP contribution in [0.15, 0.2) is 29.1 Å². The van der Waals surface area contributed by atoms with Gasteiger partial charge in [-0.15, -0.1) is 11.3 Å². The molecule has 1 heterocycles. The summed E-state index contributed by atoms with van der Waals surface area (Å²) < 4.78 is 12.0. The number of anilines is 1. The fraction of sp³-hybridized carbons (Fsp3) is 0.455. The Labute approximate surface area is 186 Å². The molecule has 0 aromatic heterocycles. The van der Waals surface area contributed by atoms with E-state index in [0.717, 1.165) is 71.0 Å². The summed E-state index contributed by atoms with van der Waals surface area (Å²) in [6, 6.07) is 7.66. The molecule has 0 saturated carbocycles. The quantitative estimate of drug-likeness (QED) is 0.436. The summed E-state index contributed by atoms with van der Waals surface area (Å²) in [4.78, 5) is 18.9. The number of rotatable bonds is 9. The highest BCUT2D eigenvalue weighted by Gasteiger charge is 2.21. The van der Waals surface area contributed by atoms with E-state index in [1.165, 1.54) is 7.11 Å². The minimum absolute atomic E-state index is 0. The van der Waals surface area contributed by atoms with Crippen LogP contribution in [0.3, 0.4) is 0 Å². The predicted octanol–water partition coefficient (Wildman–Crippen LogP) is 1.61. The summed E-state index contributed by atoms with van der Waals surface area (Å²) in [6.45, 7) is 6.46. The third-order valence-electron chi connectivity index (χ3n) is 4.94. The normalized spacial score (nSPS) is 10.8. The van der Waals surface area contributed by atoms with E-state index in [1.54, 1.807) is 30.6 Å². The molecule has 158 valence electrons. The lowest BCUT2D eigenvalue weighted by Gasteiger charge is -2.26. The summed E-state index contributed by atoms with van der Waals surface area (Å²) in [5, 5.41) is 0. The summed E-state index contributed by atoms with van der Waals surface area (Å²) in [5.41, 5.74) is 2.90. The Morgan fingerprint density at radius 3 is 2.21 bits per heavy atom. The number of unbranched alkanes of at least 4 members (excludes halogenated alkanes) is 2. The smallest absolute Gasteiger partial charge is 0.225 e. The molecule has 0 bridgehead atoms. The van der Waals surface area contributed by atoms with Crippen molar-refractivity contribution in [2.24, 2.45) is 0 Å². The molecule has 0 unspecified atom stereocenters. The standard InChI is InChI=1S/C22H28N2O3S.BrH/c1-5-7-9-24(10-8-6-2)17-13-21-15(11-19(17)26-3)23-16-12-20(27-4)18(25)14-22(16)28-21;/h11-14H,5-10H2,1-4H3;1H. The van der Waals surface area contributed by atoms with Gasteiger partial charge in [0.05, 0.1) is 32.0 Å². The third-order valence-corrected chi connectivity index (χ3v) is 6.06. The molecule has 0 spiro atoms. The van der Waals surface area contributed by atoms with Crippen LogP contribution in [0.25, 0.3) is 20.8 Å². The van der Waals surface area contributed by atoms with E-state index in [-0.39, 0.29) is 22.4 Å². The van der Waals surface area contributed by atoms with Crippen molar-refractivity contribution >= 4 is 27.2 Å². The number of nitrogens with one attached hydrogen (secondary N) is 1. The highest BCUT2D eigenvalue weighted by Crippen LogP contribution is 2.37. The molecule has 1 aromatic rings. The second-order valence-electron chi connectivity index (χ2n) is 6.94. The molecule has 2 aliphatic rings. The van der Waals surface area contributed by atoms with Crippen molar-refractivity contribution in [2.45, 2.75) is 39.5 Å². The highest BCUT2D eigenvalue weighted by molar-refractivity contribution is 7.21. The molecule has 1 aromatic carbocycles. The van der Waals surface area contributed by atoms with Crippen molar-refractivity contribution in [1.82, 2.24) is 0 Å². The maximum absolute atomic E-state index is 12.2. The van der Waals surface area contributed by atoms with Crippen LogP contribution >= 0.6 is 11.3 Å². The molecule has 0 atom stereocenters. The van der Waals surface area contributed by atoms with E-state index in [1.807, 2.05) is 0 Å². The van der Waals surface area contributed by atoms with Crippen molar-refractivity contribution in [2.75, 3.05) is 32.2 Å². The van der Waals surface area contributed by atoms with E-state index >= 15 is 0 Å². The summed E-state index contributed by atoms with van der Waals surface area (Å²) in [5.74, 6) is 1.22. The number of benzene rings is 2.